The third-order valence-electron chi connectivity index (χ3n) is 3.12. The van der Waals surface area contributed by atoms with E-state index in [4.69, 9.17) is 11.6 Å². The van der Waals surface area contributed by atoms with Crippen molar-refractivity contribution in [2.45, 2.75) is 13.5 Å². The van der Waals surface area contributed by atoms with Gasteiger partial charge in [-0.1, -0.05) is 23.7 Å². The van der Waals surface area contributed by atoms with Gasteiger partial charge in [-0.2, -0.15) is 4.98 Å². The number of carbonyl (C=O) groups excluding carboxylic acids is 1. The molecule has 0 aliphatic heterocycles. The van der Waals surface area contributed by atoms with Gasteiger partial charge >= 0.3 is 5.69 Å². The third-order valence-corrected chi connectivity index (χ3v) is 3.37. The number of aromatic nitrogens is 2. The minimum absolute atomic E-state index is 0.0870. The summed E-state index contributed by atoms with van der Waals surface area (Å²) in [5.74, 6) is 0.163. The fourth-order valence-corrected chi connectivity index (χ4v) is 2.05. The van der Waals surface area contributed by atoms with Crippen LogP contribution in [0.1, 0.15) is 12.5 Å². The maximum atomic E-state index is 11.1. The molecule has 0 radical (unpaired) electrons. The average Bonchev–Trinajstić information content (AvgIpc) is 2.58. The topological polar surface area (TPSA) is 122 Å². The van der Waals surface area contributed by atoms with Gasteiger partial charge in [0.25, 0.3) is 0 Å². The largest absolute Gasteiger partial charge is 0.362 e. The zero-order valence-corrected chi connectivity index (χ0v) is 14.2. The maximum Gasteiger partial charge on any atom is 0.329 e. The molecule has 3 N–H and O–H groups in total. The Balaban J connectivity index is 2.03. The molecule has 132 valence electrons. The Kier molecular flexibility index (Phi) is 6.47. The van der Waals surface area contributed by atoms with Crippen LogP contribution in [0, 0.1) is 10.1 Å². The first-order valence-corrected chi connectivity index (χ1v) is 7.81. The van der Waals surface area contributed by atoms with Gasteiger partial charge in [0.15, 0.2) is 0 Å². The highest BCUT2D eigenvalue weighted by molar-refractivity contribution is 6.30. The van der Waals surface area contributed by atoms with E-state index in [0.29, 0.717) is 24.7 Å². The number of hydrogen-bond acceptors (Lipinski definition) is 7. The van der Waals surface area contributed by atoms with Crippen molar-refractivity contribution >= 4 is 35.0 Å². The van der Waals surface area contributed by atoms with Crippen LogP contribution in [-0.2, 0) is 11.3 Å². The lowest BCUT2D eigenvalue weighted by Crippen LogP contribution is -2.26. The smallest absolute Gasteiger partial charge is 0.329 e. The zero-order valence-electron chi connectivity index (χ0n) is 13.5. The fourth-order valence-electron chi connectivity index (χ4n) is 1.93. The average molecular weight is 365 g/mol. The summed E-state index contributed by atoms with van der Waals surface area (Å²) in [6.45, 7) is 2.46. The fraction of sp³-hybridized carbons (Fsp3) is 0.267. The maximum absolute atomic E-state index is 11.1. The van der Waals surface area contributed by atoms with Crippen molar-refractivity contribution in [1.29, 1.82) is 0 Å². The van der Waals surface area contributed by atoms with Crippen LogP contribution >= 0.6 is 11.6 Å². The first-order valence-electron chi connectivity index (χ1n) is 7.44. The molecule has 25 heavy (non-hydrogen) atoms. The molecule has 1 aromatic heterocycles. The van der Waals surface area contributed by atoms with E-state index < -0.39 is 4.92 Å². The van der Waals surface area contributed by atoms with Crippen molar-refractivity contribution in [2.24, 2.45) is 0 Å². The van der Waals surface area contributed by atoms with Gasteiger partial charge < -0.3 is 16.0 Å². The monoisotopic (exact) mass is 364 g/mol. The van der Waals surface area contributed by atoms with Crippen LogP contribution in [0.5, 0.6) is 0 Å². The molecular weight excluding hydrogens is 348 g/mol. The minimum atomic E-state index is -0.566. The van der Waals surface area contributed by atoms with Crippen molar-refractivity contribution in [2.75, 3.05) is 23.7 Å². The minimum Gasteiger partial charge on any atom is -0.362 e. The van der Waals surface area contributed by atoms with Crippen LogP contribution in [0.25, 0.3) is 0 Å². The van der Waals surface area contributed by atoms with Gasteiger partial charge in [-0.05, 0) is 17.7 Å². The van der Waals surface area contributed by atoms with E-state index in [2.05, 4.69) is 25.9 Å². The van der Waals surface area contributed by atoms with Gasteiger partial charge in [-0.15, -0.1) is 0 Å². The molecule has 2 rings (SSSR count). The van der Waals surface area contributed by atoms with E-state index in [0.717, 1.165) is 11.8 Å². The highest BCUT2D eigenvalue weighted by Crippen LogP contribution is 2.22. The Hall–Kier alpha value is -2.94. The number of halogens is 1. The molecule has 10 heteroatoms. The summed E-state index contributed by atoms with van der Waals surface area (Å²) in [6, 6.07) is 7.25. The molecule has 0 fully saturated rings. The van der Waals surface area contributed by atoms with E-state index in [1.54, 1.807) is 12.1 Å². The van der Waals surface area contributed by atoms with Crippen LogP contribution < -0.4 is 16.0 Å². The lowest BCUT2D eigenvalue weighted by atomic mass is 10.2. The van der Waals surface area contributed by atoms with Gasteiger partial charge in [0.2, 0.25) is 17.7 Å². The van der Waals surface area contributed by atoms with Crippen molar-refractivity contribution in [3.63, 3.8) is 0 Å². The molecule has 0 aliphatic rings. The Morgan fingerprint density at radius 2 is 1.96 bits per heavy atom. The highest BCUT2D eigenvalue weighted by Gasteiger charge is 2.16. The summed E-state index contributed by atoms with van der Waals surface area (Å²) in [7, 11) is 0. The second kappa shape index (κ2) is 8.78. The third kappa shape index (κ3) is 5.88. The molecule has 1 heterocycles. The Morgan fingerprint density at radius 1 is 1.24 bits per heavy atom. The number of nitrogens with one attached hydrogen (secondary N) is 3. The number of nitro groups is 1. The molecule has 0 saturated heterocycles. The number of amides is 1. The first-order chi connectivity index (χ1) is 12.0. The number of benzene rings is 1. The Bertz CT molecular complexity index is 753. The molecule has 0 bridgehead atoms. The van der Waals surface area contributed by atoms with Crippen molar-refractivity contribution in [3.8, 4) is 0 Å². The predicted octanol–water partition coefficient (Wildman–Crippen LogP) is 2.20. The molecular formula is C15H17ClN6O3. The molecule has 0 saturated carbocycles. The van der Waals surface area contributed by atoms with Gasteiger partial charge in [0.05, 0.1) is 4.92 Å². The van der Waals surface area contributed by atoms with Gasteiger partial charge in [0, 0.05) is 31.6 Å². The zero-order chi connectivity index (χ0) is 18.2. The van der Waals surface area contributed by atoms with E-state index >= 15 is 0 Å². The molecule has 0 spiro atoms. The summed E-state index contributed by atoms with van der Waals surface area (Å²) in [5.41, 5.74) is 0.728. The van der Waals surface area contributed by atoms with Gasteiger partial charge in [-0.25, -0.2) is 4.98 Å². The second-order valence-corrected chi connectivity index (χ2v) is 5.51. The number of nitrogens with zero attached hydrogens (tertiary/aromatic N) is 3. The molecule has 0 atom stereocenters. The molecule has 2 aromatic rings. The van der Waals surface area contributed by atoms with E-state index in [-0.39, 0.29) is 23.4 Å². The number of anilines is 2. The Morgan fingerprint density at radius 3 is 2.60 bits per heavy atom. The SMILES string of the molecule is CC(=O)NCCNc1nc(NCc2ccc(Cl)cc2)ncc1[N+](=O)[O-]. The van der Waals surface area contributed by atoms with Gasteiger partial charge in [0.1, 0.15) is 6.20 Å². The molecule has 9 nitrogen and oxygen atoms in total. The summed E-state index contributed by atoms with van der Waals surface area (Å²) in [5, 5.41) is 20.1. The van der Waals surface area contributed by atoms with E-state index in [9.17, 15) is 14.9 Å². The van der Waals surface area contributed by atoms with Gasteiger partial charge in [-0.3, -0.25) is 14.9 Å². The highest BCUT2D eigenvalue weighted by atomic mass is 35.5. The van der Waals surface area contributed by atoms with Crippen molar-refractivity contribution < 1.29 is 9.72 Å². The van der Waals surface area contributed by atoms with Crippen molar-refractivity contribution in [1.82, 2.24) is 15.3 Å². The summed E-state index contributed by atoms with van der Waals surface area (Å²) >= 11 is 5.83. The van der Waals surface area contributed by atoms with Crippen molar-refractivity contribution in [3.05, 3.63) is 51.2 Å². The van der Waals surface area contributed by atoms with Crippen LogP contribution in [0.4, 0.5) is 17.5 Å². The summed E-state index contributed by atoms with van der Waals surface area (Å²) in [4.78, 5) is 29.4. The van der Waals surface area contributed by atoms with E-state index in [1.807, 2.05) is 12.1 Å². The molecule has 1 aromatic carbocycles. The molecule has 0 unspecified atom stereocenters. The quantitative estimate of drug-likeness (QED) is 0.373. The second-order valence-electron chi connectivity index (χ2n) is 5.07. The summed E-state index contributed by atoms with van der Waals surface area (Å²) in [6.07, 6.45) is 1.14. The lowest BCUT2D eigenvalue weighted by molar-refractivity contribution is -0.384. The Labute approximate surface area is 149 Å². The van der Waals surface area contributed by atoms with Crippen LogP contribution in [0.15, 0.2) is 30.5 Å². The van der Waals surface area contributed by atoms with Crippen LogP contribution in [-0.4, -0.2) is 33.9 Å². The lowest BCUT2D eigenvalue weighted by Gasteiger charge is -2.09. The predicted molar refractivity (Wildman–Crippen MR) is 94.6 cm³/mol. The summed E-state index contributed by atoms with van der Waals surface area (Å²) < 4.78 is 0. The molecule has 1 amide bonds. The molecule has 0 aliphatic carbocycles. The standard InChI is InChI=1S/C15H17ClN6O3/c1-10(23)17-6-7-18-14-13(22(24)25)9-20-15(21-14)19-8-11-2-4-12(16)5-3-11/h2-5,9H,6-8H2,1H3,(H,17,23)(H2,18,19,20,21). The number of hydrogen-bond donors (Lipinski definition) is 3. The first kappa shape index (κ1) is 18.4. The van der Waals surface area contributed by atoms with Crippen LogP contribution in [0.2, 0.25) is 5.02 Å². The number of rotatable bonds is 8. The van der Waals surface area contributed by atoms with E-state index in [1.165, 1.54) is 6.92 Å². The number of carbonyl (C=O) groups is 1. The normalized spacial score (nSPS) is 10.2. The van der Waals surface area contributed by atoms with Crippen LogP contribution in [0.3, 0.4) is 0 Å².